The zero-order chi connectivity index (χ0) is 16.7. The minimum Gasteiger partial charge on any atom is -0.569 e. The van der Waals surface area contributed by atoms with E-state index >= 15 is 0 Å². The van der Waals surface area contributed by atoms with Crippen LogP contribution in [0.3, 0.4) is 0 Å². The molecule has 4 heteroatoms. The summed E-state index contributed by atoms with van der Waals surface area (Å²) >= 11 is 0. The SMILES string of the molecule is CN(C)CC/C=C1/c2ccccc2COc2cc[c-]cc21.[CH2-]O.[Y]. The van der Waals surface area contributed by atoms with Crippen LogP contribution in [0.1, 0.15) is 23.1 Å². The van der Waals surface area contributed by atoms with Crippen LogP contribution in [-0.2, 0) is 39.3 Å². The molecule has 2 aromatic carbocycles. The first-order valence-electron chi connectivity index (χ1n) is 7.64. The summed E-state index contributed by atoms with van der Waals surface area (Å²) in [6.07, 6.45) is 3.34. The van der Waals surface area contributed by atoms with Crippen LogP contribution in [0.25, 0.3) is 5.57 Å². The van der Waals surface area contributed by atoms with Crippen LogP contribution in [0.5, 0.6) is 5.75 Å². The molecular formula is C20H23NO2Y-2. The van der Waals surface area contributed by atoms with Crippen LogP contribution < -0.4 is 4.74 Å². The van der Waals surface area contributed by atoms with Gasteiger partial charge in [0, 0.05) is 45.0 Å². The maximum absolute atomic E-state index is 6.75. The normalized spacial score (nSPS) is 13.6. The summed E-state index contributed by atoms with van der Waals surface area (Å²) < 4.78 is 5.96. The Morgan fingerprint density at radius 2 is 1.96 bits per heavy atom. The third-order valence-corrected chi connectivity index (χ3v) is 3.73. The van der Waals surface area contributed by atoms with Crippen molar-refractivity contribution in [2.75, 3.05) is 20.6 Å². The maximum Gasteiger partial charge on any atom is 0.111 e. The quantitative estimate of drug-likeness (QED) is 0.796. The van der Waals surface area contributed by atoms with Crippen LogP contribution in [0.2, 0.25) is 0 Å². The van der Waals surface area contributed by atoms with Gasteiger partial charge in [0.2, 0.25) is 0 Å². The van der Waals surface area contributed by atoms with E-state index in [0.29, 0.717) is 6.61 Å². The molecule has 1 heterocycles. The summed E-state index contributed by atoms with van der Waals surface area (Å²) in [5.74, 6) is 0.945. The first kappa shape index (κ1) is 21.0. The van der Waals surface area contributed by atoms with Gasteiger partial charge in [0.15, 0.2) is 0 Å². The number of fused-ring (bicyclic) bond motifs is 2. The predicted octanol–water partition coefficient (Wildman–Crippen LogP) is 3.91. The first-order valence-corrected chi connectivity index (χ1v) is 7.64. The molecule has 0 bridgehead atoms. The van der Waals surface area contributed by atoms with Crippen molar-refractivity contribution in [1.29, 1.82) is 0 Å². The van der Waals surface area contributed by atoms with E-state index < -0.39 is 0 Å². The second kappa shape index (κ2) is 10.8. The fraction of sp³-hybridized carbons (Fsp3) is 0.250. The molecule has 3 nitrogen and oxygen atoms in total. The van der Waals surface area contributed by atoms with Gasteiger partial charge in [-0.3, -0.25) is 0 Å². The predicted molar refractivity (Wildman–Crippen MR) is 93.6 cm³/mol. The van der Waals surface area contributed by atoms with Gasteiger partial charge in [-0.05, 0) is 31.6 Å². The summed E-state index contributed by atoms with van der Waals surface area (Å²) in [5.41, 5.74) is 4.91. The van der Waals surface area contributed by atoms with Crippen molar-refractivity contribution in [3.63, 3.8) is 0 Å². The molecule has 0 amide bonds. The number of rotatable bonds is 3. The van der Waals surface area contributed by atoms with Crippen LogP contribution in [-0.4, -0.2) is 30.6 Å². The number of nitrogens with zero attached hydrogens (tertiary/aromatic N) is 1. The van der Waals surface area contributed by atoms with Crippen molar-refractivity contribution in [1.82, 2.24) is 4.90 Å². The number of aliphatic hydroxyl groups is 1. The molecule has 2 aromatic rings. The van der Waals surface area contributed by atoms with Crippen LogP contribution in [0.4, 0.5) is 0 Å². The summed E-state index contributed by atoms with van der Waals surface area (Å²) in [7, 11) is 6.45. The smallest absolute Gasteiger partial charge is 0.111 e. The van der Waals surface area contributed by atoms with Crippen molar-refractivity contribution in [2.45, 2.75) is 13.0 Å². The Kier molecular flexibility index (Phi) is 9.46. The molecule has 3 rings (SSSR count). The molecule has 0 saturated carbocycles. The van der Waals surface area contributed by atoms with Gasteiger partial charge in [0.05, 0.1) is 0 Å². The zero-order valence-corrected chi connectivity index (χ0v) is 17.2. The number of hydrogen-bond acceptors (Lipinski definition) is 3. The zero-order valence-electron chi connectivity index (χ0n) is 14.3. The first-order chi connectivity index (χ1) is 11.3. The molecule has 0 aromatic heterocycles. The second-order valence-electron chi connectivity index (χ2n) is 5.58. The van der Waals surface area contributed by atoms with Crippen molar-refractivity contribution < 1.29 is 42.6 Å². The molecule has 0 atom stereocenters. The number of benzene rings is 2. The topological polar surface area (TPSA) is 32.7 Å². The standard InChI is InChI=1S/C19H20NO.CH3O.Y/c1-20(2)13-7-11-17-16-9-4-3-8-15(16)14-21-19-12-6-5-10-18(17)19;1-2;/h3-4,6,8-12H,7,13-14H2,1-2H3;2H,1H2;/q2*-1;/b17-11-;;. The molecule has 0 aliphatic carbocycles. The van der Waals surface area contributed by atoms with Gasteiger partial charge in [-0.15, -0.1) is 6.07 Å². The summed E-state index contributed by atoms with van der Waals surface area (Å²) in [6, 6.07) is 17.6. The summed E-state index contributed by atoms with van der Waals surface area (Å²) in [4.78, 5) is 2.20. The molecule has 0 unspecified atom stereocenters. The van der Waals surface area contributed by atoms with Gasteiger partial charge in [-0.25, -0.2) is 7.11 Å². The Hall–Kier alpha value is -0.996. The fourth-order valence-electron chi connectivity index (χ4n) is 2.65. The Bertz CT molecular complexity index is 619. The minimum atomic E-state index is 0. The molecule has 0 saturated heterocycles. The average Bonchev–Trinajstić information content (AvgIpc) is 2.74. The van der Waals surface area contributed by atoms with Gasteiger partial charge in [0.25, 0.3) is 0 Å². The van der Waals surface area contributed by atoms with Crippen molar-refractivity contribution >= 4 is 5.57 Å². The van der Waals surface area contributed by atoms with Gasteiger partial charge < -0.3 is 14.7 Å². The van der Waals surface area contributed by atoms with E-state index in [9.17, 15) is 0 Å². The van der Waals surface area contributed by atoms with Crippen LogP contribution in [0, 0.1) is 13.2 Å². The second-order valence-corrected chi connectivity index (χ2v) is 5.58. The Morgan fingerprint density at radius 1 is 1.21 bits per heavy atom. The third-order valence-electron chi connectivity index (χ3n) is 3.73. The third kappa shape index (κ3) is 5.25. The molecular weight excluding hydrogens is 375 g/mol. The number of aliphatic hydroxyl groups excluding tert-OH is 1. The van der Waals surface area contributed by atoms with E-state index in [2.05, 4.69) is 62.5 Å². The molecule has 1 N–H and O–H groups in total. The maximum atomic E-state index is 6.75. The van der Waals surface area contributed by atoms with E-state index in [0.717, 1.165) is 24.3 Å². The number of ether oxygens (including phenoxy) is 1. The van der Waals surface area contributed by atoms with Crippen molar-refractivity contribution in [3.05, 3.63) is 78.4 Å². The summed E-state index contributed by atoms with van der Waals surface area (Å²) in [6.45, 7) is 1.66. The van der Waals surface area contributed by atoms with E-state index in [1.54, 1.807) is 0 Å². The van der Waals surface area contributed by atoms with Crippen molar-refractivity contribution in [2.24, 2.45) is 0 Å². The Balaban J connectivity index is 0.000000925. The average molecular weight is 398 g/mol. The van der Waals surface area contributed by atoms with E-state index in [1.165, 1.54) is 16.7 Å². The monoisotopic (exact) mass is 398 g/mol. The largest absolute Gasteiger partial charge is 0.569 e. The fourth-order valence-corrected chi connectivity index (χ4v) is 2.65. The van der Waals surface area contributed by atoms with Gasteiger partial charge in [0.1, 0.15) is 6.61 Å². The van der Waals surface area contributed by atoms with Crippen molar-refractivity contribution in [3.8, 4) is 5.75 Å². The summed E-state index contributed by atoms with van der Waals surface area (Å²) in [5, 5.41) is 6.75. The van der Waals surface area contributed by atoms with Crippen LogP contribution >= 0.6 is 0 Å². The molecule has 1 aliphatic heterocycles. The molecule has 0 spiro atoms. The van der Waals surface area contributed by atoms with E-state index in [1.807, 2.05) is 18.2 Å². The van der Waals surface area contributed by atoms with Crippen LogP contribution in [0.15, 0.2) is 48.5 Å². The van der Waals surface area contributed by atoms with Gasteiger partial charge in [-0.1, -0.05) is 41.5 Å². The molecule has 1 aliphatic rings. The molecule has 1 radical (unpaired) electrons. The molecule has 125 valence electrons. The Morgan fingerprint density at radius 3 is 2.71 bits per heavy atom. The minimum absolute atomic E-state index is 0. The number of hydrogen-bond donors (Lipinski definition) is 1. The molecule has 24 heavy (non-hydrogen) atoms. The Labute approximate surface area is 170 Å². The van der Waals surface area contributed by atoms with Gasteiger partial charge in [-0.2, -0.15) is 18.2 Å². The van der Waals surface area contributed by atoms with E-state index in [-0.39, 0.29) is 32.7 Å². The molecule has 0 fully saturated rings. The van der Waals surface area contributed by atoms with Gasteiger partial charge >= 0.3 is 0 Å². The van der Waals surface area contributed by atoms with E-state index in [4.69, 9.17) is 9.84 Å².